The Morgan fingerprint density at radius 2 is 1.14 bits per heavy atom. The summed E-state index contributed by atoms with van der Waals surface area (Å²) in [7, 11) is 0. The summed E-state index contributed by atoms with van der Waals surface area (Å²) in [4.78, 5) is 23.1. The van der Waals surface area contributed by atoms with Crippen molar-refractivity contribution in [1.82, 2.24) is 0 Å². The van der Waals surface area contributed by atoms with Gasteiger partial charge in [0, 0.05) is 1.43 Å². The van der Waals surface area contributed by atoms with E-state index >= 15 is 0 Å². The second-order valence-corrected chi connectivity index (χ2v) is 4.87. The molecule has 0 saturated heterocycles. The summed E-state index contributed by atoms with van der Waals surface area (Å²) in [6.07, 6.45) is 8.20. The minimum absolute atomic E-state index is 0. The predicted octanol–water partition coefficient (Wildman–Crippen LogP) is 5.06. The third-order valence-electron chi connectivity index (χ3n) is 2.95. The molecule has 0 radical (unpaired) electrons. The molecule has 4 heteroatoms. The number of esters is 2. The van der Waals surface area contributed by atoms with Crippen LogP contribution in [-0.2, 0) is 19.1 Å². The Labute approximate surface area is 137 Å². The van der Waals surface area contributed by atoms with E-state index < -0.39 is 11.9 Å². The van der Waals surface area contributed by atoms with Gasteiger partial charge in [-0.1, -0.05) is 72.8 Å². The Morgan fingerprint density at radius 1 is 0.773 bits per heavy atom. The summed E-state index contributed by atoms with van der Waals surface area (Å²) >= 11 is 0. The fraction of sp³-hybridized carbons (Fsp3) is 0.778. The zero-order chi connectivity index (χ0) is 17.2. The van der Waals surface area contributed by atoms with Crippen LogP contribution in [0, 0.1) is 0 Å². The molecule has 22 heavy (non-hydrogen) atoms. The molecule has 0 aliphatic rings. The number of hydrogen-bond donors (Lipinski definition) is 0. The molecule has 0 aromatic heterocycles. The molecule has 4 nitrogen and oxygen atoms in total. The Bertz CT molecular complexity index is 275. The van der Waals surface area contributed by atoms with Crippen LogP contribution in [0.3, 0.4) is 0 Å². The minimum Gasteiger partial charge on any atom is -0.462 e. The van der Waals surface area contributed by atoms with Gasteiger partial charge in [0.1, 0.15) is 5.57 Å². The highest BCUT2D eigenvalue weighted by Gasteiger charge is 2.18. The molecule has 0 aromatic carbocycles. The molecule has 0 aliphatic heterocycles. The molecule has 0 aromatic rings. The second-order valence-electron chi connectivity index (χ2n) is 4.87. The Balaban J connectivity index is -0.00000128. The third-order valence-corrected chi connectivity index (χ3v) is 2.95. The fourth-order valence-corrected chi connectivity index (χ4v) is 1.64. The average Bonchev–Trinajstić information content (AvgIpc) is 2.55. The van der Waals surface area contributed by atoms with Crippen molar-refractivity contribution in [3.05, 3.63) is 12.2 Å². The molecule has 0 saturated carbocycles. The van der Waals surface area contributed by atoms with Crippen molar-refractivity contribution in [2.45, 2.75) is 79.1 Å². The summed E-state index contributed by atoms with van der Waals surface area (Å²) < 4.78 is 9.95. The van der Waals surface area contributed by atoms with Gasteiger partial charge in [0.2, 0.25) is 0 Å². The lowest BCUT2D eigenvalue weighted by Crippen LogP contribution is -2.18. The van der Waals surface area contributed by atoms with Gasteiger partial charge in [-0.25, -0.2) is 9.59 Å². The van der Waals surface area contributed by atoms with E-state index in [1.807, 2.05) is 13.8 Å². The van der Waals surface area contributed by atoms with Crippen molar-refractivity contribution in [1.29, 1.82) is 0 Å². The molecule has 0 spiro atoms. The molecular weight excluding hydrogens is 280 g/mol. The molecular formula is C18H36O4. The highest BCUT2D eigenvalue weighted by Crippen LogP contribution is 2.04. The van der Waals surface area contributed by atoms with E-state index in [0.717, 1.165) is 51.4 Å². The van der Waals surface area contributed by atoms with Crippen molar-refractivity contribution < 1.29 is 20.5 Å². The van der Waals surface area contributed by atoms with Crippen molar-refractivity contribution in [3.63, 3.8) is 0 Å². The Kier molecular flexibility index (Phi) is 18.5. The van der Waals surface area contributed by atoms with Crippen LogP contribution in [0.15, 0.2) is 12.2 Å². The van der Waals surface area contributed by atoms with Gasteiger partial charge in [-0.05, 0) is 12.8 Å². The van der Waals surface area contributed by atoms with Crippen molar-refractivity contribution in [3.8, 4) is 0 Å². The van der Waals surface area contributed by atoms with E-state index in [1.165, 1.54) is 0 Å². The summed E-state index contributed by atoms with van der Waals surface area (Å²) in [5, 5.41) is 0. The first kappa shape index (κ1) is 23.0. The van der Waals surface area contributed by atoms with Crippen molar-refractivity contribution in [2.75, 3.05) is 13.2 Å². The highest BCUT2D eigenvalue weighted by molar-refractivity contribution is 6.13. The largest absolute Gasteiger partial charge is 0.462 e. The van der Waals surface area contributed by atoms with Crippen LogP contribution in [0.2, 0.25) is 0 Å². The van der Waals surface area contributed by atoms with Gasteiger partial charge < -0.3 is 9.47 Å². The van der Waals surface area contributed by atoms with Gasteiger partial charge in [0.05, 0.1) is 13.2 Å². The molecule has 0 heterocycles. The van der Waals surface area contributed by atoms with Gasteiger partial charge in [0.15, 0.2) is 0 Å². The Morgan fingerprint density at radius 3 is 1.45 bits per heavy atom. The lowest BCUT2D eigenvalue weighted by molar-refractivity contribution is -0.147. The number of hydrogen-bond acceptors (Lipinski definition) is 4. The third kappa shape index (κ3) is 13.7. The predicted molar refractivity (Wildman–Crippen MR) is 92.8 cm³/mol. The maximum atomic E-state index is 11.5. The quantitative estimate of drug-likeness (QED) is 0.166. The lowest BCUT2D eigenvalue weighted by atomic mass is 10.2. The second kappa shape index (κ2) is 17.7. The monoisotopic (exact) mass is 317 g/mol. The van der Waals surface area contributed by atoms with E-state index in [4.69, 9.17) is 9.47 Å². The maximum Gasteiger partial charge on any atom is 0.344 e. The summed E-state index contributed by atoms with van der Waals surface area (Å²) in [6.45, 7) is 12.3. The van der Waals surface area contributed by atoms with Gasteiger partial charge >= 0.3 is 11.9 Å². The van der Waals surface area contributed by atoms with Gasteiger partial charge in [-0.3, -0.25) is 0 Å². The van der Waals surface area contributed by atoms with Crippen LogP contribution in [0.4, 0.5) is 0 Å². The summed E-state index contributed by atoms with van der Waals surface area (Å²) in [5.41, 5.74) is -0.212. The summed E-state index contributed by atoms with van der Waals surface area (Å²) in [6, 6.07) is 0. The molecule has 132 valence electrons. The minimum atomic E-state index is -0.667. The number of carbonyl (C=O) groups excluding carboxylic acids is 2. The topological polar surface area (TPSA) is 52.6 Å². The number of carbonyl (C=O) groups is 2. The van der Waals surface area contributed by atoms with Crippen LogP contribution in [-0.4, -0.2) is 25.2 Å². The molecule has 0 atom stereocenters. The smallest absolute Gasteiger partial charge is 0.344 e. The Hall–Kier alpha value is -1.32. The molecule has 0 bridgehead atoms. The number of unbranched alkanes of at least 4 members (excludes halogenated alkanes) is 6. The van der Waals surface area contributed by atoms with Crippen LogP contribution in [0.5, 0.6) is 0 Å². The molecule has 0 N–H and O–H groups in total. The highest BCUT2D eigenvalue weighted by atomic mass is 16.6. The molecule has 0 rings (SSSR count). The number of ether oxygens (including phenoxy) is 2. The average molecular weight is 317 g/mol. The van der Waals surface area contributed by atoms with Crippen LogP contribution >= 0.6 is 0 Å². The van der Waals surface area contributed by atoms with E-state index in [9.17, 15) is 9.59 Å². The van der Waals surface area contributed by atoms with Crippen molar-refractivity contribution >= 4 is 11.9 Å². The molecule has 0 unspecified atom stereocenters. The van der Waals surface area contributed by atoms with Crippen molar-refractivity contribution in [2.24, 2.45) is 0 Å². The van der Waals surface area contributed by atoms with Gasteiger partial charge in [-0.2, -0.15) is 0 Å². The van der Waals surface area contributed by atoms with E-state index in [0.29, 0.717) is 13.2 Å². The van der Waals surface area contributed by atoms with Gasteiger partial charge in [0.25, 0.3) is 0 Å². The zero-order valence-electron chi connectivity index (χ0n) is 14.9. The summed E-state index contributed by atoms with van der Waals surface area (Å²) in [5.74, 6) is -1.33. The van der Waals surface area contributed by atoms with E-state index in [1.54, 1.807) is 0 Å². The van der Waals surface area contributed by atoms with E-state index in [2.05, 4.69) is 20.4 Å². The zero-order valence-corrected chi connectivity index (χ0v) is 14.9. The van der Waals surface area contributed by atoms with Crippen LogP contribution in [0.25, 0.3) is 0 Å². The first-order valence-corrected chi connectivity index (χ1v) is 8.66. The van der Waals surface area contributed by atoms with Gasteiger partial charge in [-0.15, -0.1) is 0 Å². The standard InChI is InChI=1S/C16H28O4.C2H6.H2/c1-4-6-8-10-12-19-15(17)14(3)16(18)20-13-11-9-7-5-2;1-2;/h3-13H2,1-2H3;1-2H3;1H/i;;1+1. The molecule has 0 fully saturated rings. The maximum absolute atomic E-state index is 11.5. The first-order valence-electron chi connectivity index (χ1n) is 8.66. The normalized spacial score (nSPS) is 9.45. The SMILES string of the molecule is C=C(C(=O)OCCCCCC)C(=O)OCCCCCC.CC.[2HH]. The fourth-order valence-electron chi connectivity index (χ4n) is 1.64. The molecule has 0 aliphatic carbocycles. The van der Waals surface area contributed by atoms with Crippen LogP contribution in [0.1, 0.15) is 80.5 Å². The molecule has 0 amide bonds. The first-order chi connectivity index (χ1) is 10.6. The van der Waals surface area contributed by atoms with E-state index in [-0.39, 0.29) is 7.00 Å². The lowest BCUT2D eigenvalue weighted by Gasteiger charge is -2.07. The van der Waals surface area contributed by atoms with Crippen LogP contribution < -0.4 is 0 Å². The number of rotatable bonds is 12.